The summed E-state index contributed by atoms with van der Waals surface area (Å²) >= 11 is 0. The highest BCUT2D eigenvalue weighted by Crippen LogP contribution is 2.33. The minimum absolute atomic E-state index is 0.0372. The Bertz CT molecular complexity index is 520. The number of amides is 1. The van der Waals surface area contributed by atoms with Crippen molar-refractivity contribution in [3.63, 3.8) is 0 Å². The molecule has 0 aromatic heterocycles. The van der Waals surface area contributed by atoms with Crippen molar-refractivity contribution in [2.24, 2.45) is 5.92 Å². The third-order valence-corrected chi connectivity index (χ3v) is 4.52. The molecule has 2 heterocycles. The highest BCUT2D eigenvalue weighted by atomic mass is 16.5. The lowest BCUT2D eigenvalue weighted by Crippen LogP contribution is -2.39. The lowest BCUT2D eigenvalue weighted by Gasteiger charge is -2.28. The van der Waals surface area contributed by atoms with E-state index in [1.165, 1.54) is 18.9 Å². The Morgan fingerprint density at radius 1 is 1.38 bits per heavy atom. The van der Waals surface area contributed by atoms with E-state index in [1.54, 1.807) is 19.2 Å². The minimum Gasteiger partial charge on any atom is -0.506 e. The summed E-state index contributed by atoms with van der Waals surface area (Å²) in [7, 11) is 1.56. The van der Waals surface area contributed by atoms with Crippen LogP contribution in [0.4, 0.5) is 5.69 Å². The molecule has 0 spiro atoms. The molecule has 3 N–H and O–H groups in total. The summed E-state index contributed by atoms with van der Waals surface area (Å²) in [5.74, 6) is 1.08. The first-order valence-electron chi connectivity index (χ1n) is 7.57. The van der Waals surface area contributed by atoms with Gasteiger partial charge in [0, 0.05) is 24.6 Å². The van der Waals surface area contributed by atoms with E-state index in [0.717, 1.165) is 12.8 Å². The maximum absolute atomic E-state index is 12.2. The van der Waals surface area contributed by atoms with Crippen LogP contribution in [0.3, 0.4) is 0 Å². The summed E-state index contributed by atoms with van der Waals surface area (Å²) < 4.78 is 5.11. The van der Waals surface area contributed by atoms with E-state index in [0.29, 0.717) is 35.9 Å². The van der Waals surface area contributed by atoms with E-state index < -0.39 is 0 Å². The van der Waals surface area contributed by atoms with E-state index in [9.17, 15) is 9.90 Å². The summed E-state index contributed by atoms with van der Waals surface area (Å²) in [4.78, 5) is 12.2. The number of phenolic OH excluding ortho intramolecular Hbond substituents is 1. The molecule has 1 aromatic carbocycles. The molecule has 3 rings (SSSR count). The Balaban J connectivity index is 1.59. The second kappa shape index (κ2) is 5.93. The van der Waals surface area contributed by atoms with Gasteiger partial charge in [-0.1, -0.05) is 0 Å². The molecule has 2 fully saturated rings. The second-order valence-corrected chi connectivity index (χ2v) is 6.11. The van der Waals surface area contributed by atoms with E-state index in [2.05, 4.69) is 10.6 Å². The number of aromatic hydroxyl groups is 1. The van der Waals surface area contributed by atoms with Gasteiger partial charge < -0.3 is 20.5 Å². The molecule has 2 bridgehead atoms. The van der Waals surface area contributed by atoms with Gasteiger partial charge in [-0.2, -0.15) is 0 Å². The zero-order valence-electron chi connectivity index (χ0n) is 12.3. The van der Waals surface area contributed by atoms with Crippen molar-refractivity contribution in [1.82, 2.24) is 5.32 Å². The number of benzene rings is 1. The number of carbonyl (C=O) groups is 1. The third kappa shape index (κ3) is 3.29. The van der Waals surface area contributed by atoms with Crippen molar-refractivity contribution in [2.75, 3.05) is 12.4 Å². The molecule has 2 saturated heterocycles. The van der Waals surface area contributed by atoms with Gasteiger partial charge in [-0.15, -0.1) is 0 Å². The Hall–Kier alpha value is -1.75. The van der Waals surface area contributed by atoms with Gasteiger partial charge in [-0.25, -0.2) is 0 Å². The number of rotatable bonds is 4. The van der Waals surface area contributed by atoms with Crippen LogP contribution in [0.2, 0.25) is 0 Å². The van der Waals surface area contributed by atoms with E-state index in [-0.39, 0.29) is 11.7 Å². The largest absolute Gasteiger partial charge is 0.506 e. The molecular formula is C16H22N2O3. The van der Waals surface area contributed by atoms with Crippen molar-refractivity contribution in [2.45, 2.75) is 44.2 Å². The Labute approximate surface area is 124 Å². The smallest absolute Gasteiger partial charge is 0.224 e. The molecule has 2 aliphatic rings. The summed E-state index contributed by atoms with van der Waals surface area (Å²) in [6.45, 7) is 0. The first-order valence-corrected chi connectivity index (χ1v) is 7.57. The quantitative estimate of drug-likeness (QED) is 0.744. The molecule has 2 atom stereocenters. The Morgan fingerprint density at radius 2 is 2.10 bits per heavy atom. The number of methoxy groups -OCH3 is 1. The third-order valence-electron chi connectivity index (χ3n) is 4.52. The summed E-state index contributed by atoms with van der Waals surface area (Å²) in [5.41, 5.74) is 0.413. The first kappa shape index (κ1) is 14.2. The molecule has 0 saturated carbocycles. The predicted molar refractivity (Wildman–Crippen MR) is 80.6 cm³/mol. The lowest BCUT2D eigenvalue weighted by atomic mass is 9.89. The number of ether oxygens (including phenoxy) is 1. The van der Waals surface area contributed by atoms with Crippen LogP contribution >= 0.6 is 0 Å². The average molecular weight is 290 g/mol. The van der Waals surface area contributed by atoms with Crippen molar-refractivity contribution < 1.29 is 14.6 Å². The maximum atomic E-state index is 12.2. The standard InChI is InChI=1S/C16H22N2O3/c1-21-13-4-5-15(19)14(9-13)18-16(20)8-10-6-11-2-3-12(7-10)17-11/h4-5,9-12,17,19H,2-3,6-8H2,1H3,(H,18,20). The first-order chi connectivity index (χ1) is 10.1. The number of piperidine rings is 1. The van der Waals surface area contributed by atoms with E-state index in [1.807, 2.05) is 0 Å². The van der Waals surface area contributed by atoms with Crippen molar-refractivity contribution >= 4 is 11.6 Å². The fraction of sp³-hybridized carbons (Fsp3) is 0.562. The van der Waals surface area contributed by atoms with Gasteiger partial charge in [0.25, 0.3) is 0 Å². The van der Waals surface area contributed by atoms with Crippen LogP contribution in [-0.4, -0.2) is 30.2 Å². The topological polar surface area (TPSA) is 70.6 Å². The molecule has 1 amide bonds. The van der Waals surface area contributed by atoms with Crippen molar-refractivity contribution in [3.05, 3.63) is 18.2 Å². The number of fused-ring (bicyclic) bond motifs is 2. The summed E-state index contributed by atoms with van der Waals surface area (Å²) in [6, 6.07) is 6.01. The van der Waals surface area contributed by atoms with Crippen LogP contribution in [-0.2, 0) is 4.79 Å². The van der Waals surface area contributed by atoms with Crippen molar-refractivity contribution in [3.8, 4) is 11.5 Å². The van der Waals surface area contributed by atoms with Gasteiger partial charge in [0.1, 0.15) is 11.5 Å². The minimum atomic E-state index is -0.0372. The van der Waals surface area contributed by atoms with Gasteiger partial charge in [0.05, 0.1) is 12.8 Å². The average Bonchev–Trinajstić information content (AvgIpc) is 2.80. The normalized spacial score (nSPS) is 27.4. The van der Waals surface area contributed by atoms with Crippen LogP contribution in [0.5, 0.6) is 11.5 Å². The monoisotopic (exact) mass is 290 g/mol. The van der Waals surface area contributed by atoms with Crippen LogP contribution in [0.25, 0.3) is 0 Å². The number of phenols is 1. The zero-order valence-corrected chi connectivity index (χ0v) is 12.3. The maximum Gasteiger partial charge on any atom is 0.224 e. The highest BCUT2D eigenvalue weighted by Gasteiger charge is 2.34. The van der Waals surface area contributed by atoms with Crippen LogP contribution in [0, 0.1) is 5.92 Å². The molecule has 5 heteroatoms. The molecule has 1 aromatic rings. The van der Waals surface area contributed by atoms with Crippen LogP contribution in [0.1, 0.15) is 32.1 Å². The van der Waals surface area contributed by atoms with Gasteiger partial charge in [0.15, 0.2) is 0 Å². The van der Waals surface area contributed by atoms with Gasteiger partial charge >= 0.3 is 0 Å². The summed E-state index contributed by atoms with van der Waals surface area (Å²) in [5, 5.41) is 16.2. The number of carbonyl (C=O) groups excluding carboxylic acids is 1. The molecule has 114 valence electrons. The SMILES string of the molecule is COc1ccc(O)c(NC(=O)CC2CC3CCC(C2)N3)c1. The molecule has 2 unspecified atom stereocenters. The Morgan fingerprint density at radius 3 is 2.76 bits per heavy atom. The summed E-state index contributed by atoms with van der Waals surface area (Å²) in [6.07, 6.45) is 5.15. The van der Waals surface area contributed by atoms with Crippen molar-refractivity contribution in [1.29, 1.82) is 0 Å². The predicted octanol–water partition coefficient (Wildman–Crippen LogP) is 2.26. The number of nitrogens with one attached hydrogen (secondary N) is 2. The van der Waals surface area contributed by atoms with Gasteiger partial charge in [-0.05, 0) is 43.7 Å². The van der Waals surface area contributed by atoms with Gasteiger partial charge in [0.2, 0.25) is 5.91 Å². The van der Waals surface area contributed by atoms with Crippen LogP contribution in [0.15, 0.2) is 18.2 Å². The fourth-order valence-electron chi connectivity index (χ4n) is 3.55. The molecule has 21 heavy (non-hydrogen) atoms. The molecule has 0 aliphatic carbocycles. The molecule has 0 radical (unpaired) electrons. The highest BCUT2D eigenvalue weighted by molar-refractivity contribution is 5.92. The second-order valence-electron chi connectivity index (χ2n) is 6.11. The fourth-order valence-corrected chi connectivity index (χ4v) is 3.55. The van der Waals surface area contributed by atoms with E-state index in [4.69, 9.17) is 4.74 Å². The number of hydrogen-bond acceptors (Lipinski definition) is 4. The number of hydrogen-bond donors (Lipinski definition) is 3. The lowest BCUT2D eigenvalue weighted by molar-refractivity contribution is -0.117. The van der Waals surface area contributed by atoms with E-state index >= 15 is 0 Å². The van der Waals surface area contributed by atoms with Crippen LogP contribution < -0.4 is 15.4 Å². The zero-order chi connectivity index (χ0) is 14.8. The molecular weight excluding hydrogens is 268 g/mol. The number of anilines is 1. The van der Waals surface area contributed by atoms with Gasteiger partial charge in [-0.3, -0.25) is 4.79 Å². The molecule has 2 aliphatic heterocycles. The Kier molecular flexibility index (Phi) is 4.01. The molecule has 5 nitrogen and oxygen atoms in total.